The zero-order valence-electron chi connectivity index (χ0n) is 12.6. The number of nitrogens with zero attached hydrogens (tertiary/aromatic N) is 1. The van der Waals surface area contributed by atoms with Crippen LogP contribution in [0.5, 0.6) is 0 Å². The Kier molecular flexibility index (Phi) is 4.86. The first-order valence-corrected chi connectivity index (χ1v) is 9.07. The summed E-state index contributed by atoms with van der Waals surface area (Å²) >= 11 is 2.04. The first-order chi connectivity index (χ1) is 10.2. The van der Waals surface area contributed by atoms with Gasteiger partial charge in [-0.2, -0.15) is 11.8 Å². The summed E-state index contributed by atoms with van der Waals surface area (Å²) in [6.07, 6.45) is 3.47. The normalized spacial score (nSPS) is 27.3. The van der Waals surface area contributed by atoms with E-state index in [2.05, 4.69) is 29.3 Å². The fraction of sp³-hybridized carbons (Fsp3) is 0.588. The minimum atomic E-state index is -0.0552. The number of hydrogen-bond donors (Lipinski definition) is 1. The Hall–Kier alpha value is -1.00. The highest BCUT2D eigenvalue weighted by Gasteiger charge is 2.37. The first kappa shape index (κ1) is 14.9. The average molecular weight is 304 g/mol. The Bertz CT molecular complexity index is 473. The third-order valence-corrected chi connectivity index (χ3v) is 5.62. The lowest BCUT2D eigenvalue weighted by atomic mass is 10.0. The van der Waals surface area contributed by atoms with Crippen LogP contribution >= 0.6 is 11.8 Å². The molecule has 2 saturated heterocycles. The predicted octanol–water partition coefficient (Wildman–Crippen LogP) is 2.52. The van der Waals surface area contributed by atoms with E-state index in [0.717, 1.165) is 13.0 Å². The number of nitrogens with one attached hydrogen (secondary N) is 1. The van der Waals surface area contributed by atoms with Crippen molar-refractivity contribution in [1.29, 1.82) is 0 Å². The highest BCUT2D eigenvalue weighted by Crippen LogP contribution is 2.25. The Balaban J connectivity index is 1.60. The maximum atomic E-state index is 12.7. The molecule has 0 saturated carbocycles. The van der Waals surface area contributed by atoms with Crippen molar-refractivity contribution in [3.05, 3.63) is 35.9 Å². The number of carbonyl (C=O) groups is 1. The second kappa shape index (κ2) is 6.84. The molecule has 2 aliphatic rings. The van der Waals surface area contributed by atoms with E-state index in [0.29, 0.717) is 5.92 Å². The molecule has 2 fully saturated rings. The minimum absolute atomic E-state index is 0.0552. The second-order valence-corrected chi connectivity index (χ2v) is 7.36. The molecule has 2 aliphatic heterocycles. The highest BCUT2D eigenvalue weighted by atomic mass is 32.2. The Labute approximate surface area is 131 Å². The van der Waals surface area contributed by atoms with E-state index < -0.39 is 0 Å². The number of hydrogen-bond acceptors (Lipinski definition) is 3. The van der Waals surface area contributed by atoms with E-state index in [1.807, 2.05) is 30.0 Å². The van der Waals surface area contributed by atoms with Gasteiger partial charge in [0, 0.05) is 6.54 Å². The largest absolute Gasteiger partial charge is 0.326 e. The summed E-state index contributed by atoms with van der Waals surface area (Å²) in [4.78, 5) is 14.7. The molecule has 1 aromatic carbocycles. The van der Waals surface area contributed by atoms with Crippen LogP contribution in [0.4, 0.5) is 0 Å². The van der Waals surface area contributed by atoms with Gasteiger partial charge in [-0.1, -0.05) is 30.3 Å². The standard InChI is InChI=1S/C17H24N2OS/c1-13-18-16(11-14-5-3-2-4-6-14)17(20)19(13)12-15-7-9-21-10-8-15/h2-6,13,15-16,18H,7-12H2,1H3. The minimum Gasteiger partial charge on any atom is -0.326 e. The molecule has 114 valence electrons. The molecule has 0 aliphatic carbocycles. The molecular formula is C17H24N2OS. The quantitative estimate of drug-likeness (QED) is 0.928. The topological polar surface area (TPSA) is 32.3 Å². The van der Waals surface area contributed by atoms with Gasteiger partial charge < -0.3 is 4.90 Å². The third kappa shape index (κ3) is 3.61. The van der Waals surface area contributed by atoms with E-state index in [4.69, 9.17) is 0 Å². The van der Waals surface area contributed by atoms with Crippen molar-refractivity contribution >= 4 is 17.7 Å². The van der Waals surface area contributed by atoms with Crippen LogP contribution in [0.15, 0.2) is 30.3 Å². The lowest BCUT2D eigenvalue weighted by molar-refractivity contribution is -0.130. The van der Waals surface area contributed by atoms with Gasteiger partial charge in [-0.25, -0.2) is 0 Å². The van der Waals surface area contributed by atoms with Crippen LogP contribution in [0, 0.1) is 5.92 Å². The summed E-state index contributed by atoms with van der Waals surface area (Å²) in [5.74, 6) is 3.48. The molecule has 0 spiro atoms. The van der Waals surface area contributed by atoms with Gasteiger partial charge in [0.15, 0.2) is 0 Å². The SMILES string of the molecule is CC1NC(Cc2ccccc2)C(=O)N1CC1CCSCC1. The van der Waals surface area contributed by atoms with Crippen LogP contribution < -0.4 is 5.32 Å². The number of benzene rings is 1. The van der Waals surface area contributed by atoms with Crippen LogP contribution in [0.25, 0.3) is 0 Å². The Morgan fingerprint density at radius 2 is 1.95 bits per heavy atom. The highest BCUT2D eigenvalue weighted by molar-refractivity contribution is 7.99. The Morgan fingerprint density at radius 3 is 2.67 bits per heavy atom. The molecule has 0 radical (unpaired) electrons. The second-order valence-electron chi connectivity index (χ2n) is 6.13. The van der Waals surface area contributed by atoms with Gasteiger partial charge in [0.05, 0.1) is 12.2 Å². The van der Waals surface area contributed by atoms with E-state index in [9.17, 15) is 4.79 Å². The summed E-state index contributed by atoms with van der Waals surface area (Å²) < 4.78 is 0. The molecule has 1 aromatic rings. The average Bonchev–Trinajstić information content (AvgIpc) is 2.77. The van der Waals surface area contributed by atoms with Crippen molar-refractivity contribution in [2.45, 2.75) is 38.4 Å². The molecule has 0 aromatic heterocycles. The van der Waals surface area contributed by atoms with Gasteiger partial charge in [0.2, 0.25) is 5.91 Å². The van der Waals surface area contributed by atoms with E-state index in [1.54, 1.807) is 0 Å². The molecular weight excluding hydrogens is 280 g/mol. The molecule has 1 N–H and O–H groups in total. The number of carbonyl (C=O) groups excluding carboxylic acids is 1. The number of amides is 1. The molecule has 0 bridgehead atoms. The fourth-order valence-corrected chi connectivity index (χ4v) is 4.50. The van der Waals surface area contributed by atoms with Crippen molar-refractivity contribution in [3.8, 4) is 0 Å². The van der Waals surface area contributed by atoms with Crippen LogP contribution in [0.3, 0.4) is 0 Å². The van der Waals surface area contributed by atoms with Crippen molar-refractivity contribution in [2.75, 3.05) is 18.1 Å². The van der Waals surface area contributed by atoms with Crippen molar-refractivity contribution in [2.24, 2.45) is 5.92 Å². The van der Waals surface area contributed by atoms with Crippen molar-refractivity contribution in [3.63, 3.8) is 0 Å². The summed E-state index contributed by atoms with van der Waals surface area (Å²) in [5, 5.41) is 3.46. The molecule has 2 atom stereocenters. The number of rotatable bonds is 4. The van der Waals surface area contributed by atoms with Crippen LogP contribution in [0.2, 0.25) is 0 Å². The maximum Gasteiger partial charge on any atom is 0.241 e. The molecule has 2 unspecified atom stereocenters. The molecule has 3 rings (SSSR count). The van der Waals surface area contributed by atoms with E-state index in [1.165, 1.54) is 29.9 Å². The van der Waals surface area contributed by atoms with Gasteiger partial charge in [-0.05, 0) is 49.2 Å². The molecule has 4 heteroatoms. The van der Waals surface area contributed by atoms with Crippen molar-refractivity contribution in [1.82, 2.24) is 10.2 Å². The smallest absolute Gasteiger partial charge is 0.241 e. The van der Waals surface area contributed by atoms with Gasteiger partial charge in [0.25, 0.3) is 0 Å². The lowest BCUT2D eigenvalue weighted by Gasteiger charge is -2.29. The van der Waals surface area contributed by atoms with Crippen LogP contribution in [0.1, 0.15) is 25.3 Å². The van der Waals surface area contributed by atoms with Crippen molar-refractivity contribution < 1.29 is 4.79 Å². The van der Waals surface area contributed by atoms with Crippen LogP contribution in [-0.2, 0) is 11.2 Å². The van der Waals surface area contributed by atoms with Gasteiger partial charge in [0.1, 0.15) is 0 Å². The van der Waals surface area contributed by atoms with Gasteiger partial charge in [-0.3, -0.25) is 10.1 Å². The molecule has 21 heavy (non-hydrogen) atoms. The van der Waals surface area contributed by atoms with Gasteiger partial charge >= 0.3 is 0 Å². The zero-order chi connectivity index (χ0) is 14.7. The van der Waals surface area contributed by atoms with Crippen LogP contribution in [-0.4, -0.2) is 41.1 Å². The summed E-state index contributed by atoms with van der Waals surface area (Å²) in [6, 6.07) is 10.2. The number of thioether (sulfide) groups is 1. The summed E-state index contributed by atoms with van der Waals surface area (Å²) in [5.41, 5.74) is 1.23. The predicted molar refractivity (Wildman–Crippen MR) is 88.3 cm³/mol. The summed E-state index contributed by atoms with van der Waals surface area (Å²) in [7, 11) is 0. The van der Waals surface area contributed by atoms with E-state index >= 15 is 0 Å². The van der Waals surface area contributed by atoms with E-state index in [-0.39, 0.29) is 18.1 Å². The molecule has 3 nitrogen and oxygen atoms in total. The zero-order valence-corrected chi connectivity index (χ0v) is 13.4. The first-order valence-electron chi connectivity index (χ1n) is 7.92. The lowest BCUT2D eigenvalue weighted by Crippen LogP contribution is -2.39. The monoisotopic (exact) mass is 304 g/mol. The Morgan fingerprint density at radius 1 is 1.24 bits per heavy atom. The summed E-state index contributed by atoms with van der Waals surface area (Å²) in [6.45, 7) is 3.04. The molecule has 1 amide bonds. The fourth-order valence-electron chi connectivity index (χ4n) is 3.29. The van der Waals surface area contributed by atoms with Gasteiger partial charge in [-0.15, -0.1) is 0 Å². The third-order valence-electron chi connectivity index (χ3n) is 4.57. The molecule has 2 heterocycles. The maximum absolute atomic E-state index is 12.7.